The molecule has 4 heteroatoms. The van der Waals surface area contributed by atoms with Crippen LogP contribution in [0.3, 0.4) is 0 Å². The highest BCUT2D eigenvalue weighted by Gasteiger charge is 2.47. The number of rotatable bonds is 6. The third-order valence-electron chi connectivity index (χ3n) is 3.82. The van der Waals surface area contributed by atoms with E-state index in [4.69, 9.17) is 0 Å². The first kappa shape index (κ1) is 13.1. The summed E-state index contributed by atoms with van der Waals surface area (Å²) in [6.07, 6.45) is 3.24. The highest BCUT2D eigenvalue weighted by atomic mass is 16.1. The van der Waals surface area contributed by atoms with E-state index in [0.717, 1.165) is 38.0 Å². The van der Waals surface area contributed by atoms with Crippen molar-refractivity contribution in [2.45, 2.75) is 51.5 Å². The highest BCUT2D eigenvalue weighted by molar-refractivity contribution is 5.47. The summed E-state index contributed by atoms with van der Waals surface area (Å²) in [6, 6.07) is 2.24. The lowest BCUT2D eigenvalue weighted by atomic mass is 10.00. The minimum absolute atomic E-state index is 0.159. The summed E-state index contributed by atoms with van der Waals surface area (Å²) in [5.74, 6) is 0.455. The quantitative estimate of drug-likeness (QED) is 0.724. The molecule has 1 saturated carbocycles. The smallest absolute Gasteiger partial charge is 0.209 e. The lowest BCUT2D eigenvalue weighted by molar-refractivity contribution is -0.117. The lowest BCUT2D eigenvalue weighted by Gasteiger charge is -2.21. The maximum atomic E-state index is 10.8. The minimum atomic E-state index is 0.159. The zero-order chi connectivity index (χ0) is 13.3. The molecule has 1 aliphatic rings. The van der Waals surface area contributed by atoms with Gasteiger partial charge in [0.1, 0.15) is 0 Å². The maximum Gasteiger partial charge on any atom is 0.209 e. The van der Waals surface area contributed by atoms with Crippen molar-refractivity contribution in [2.24, 2.45) is 0 Å². The molecule has 1 amide bonds. The normalized spacial score (nSPS) is 16.9. The van der Waals surface area contributed by atoms with Crippen LogP contribution < -0.4 is 0 Å². The number of likely N-dealkylation sites (N-methyl/N-ethyl adjacent to an activating group) is 1. The Hall–Kier alpha value is -1.32. The average molecular weight is 249 g/mol. The molecule has 1 aromatic heterocycles. The number of carbonyl (C=O) groups excluding carboxylic acids is 1. The Morgan fingerprint density at radius 3 is 2.67 bits per heavy atom. The first-order valence-corrected chi connectivity index (χ1v) is 6.76. The Morgan fingerprint density at radius 1 is 1.56 bits per heavy atom. The van der Waals surface area contributed by atoms with E-state index in [1.807, 2.05) is 7.05 Å². The molecular weight excluding hydrogens is 226 g/mol. The van der Waals surface area contributed by atoms with Crippen LogP contribution in [0, 0.1) is 0 Å². The van der Waals surface area contributed by atoms with Crippen LogP contribution in [-0.4, -0.2) is 34.7 Å². The number of carbonyl (C=O) groups is 1. The summed E-state index contributed by atoms with van der Waals surface area (Å²) in [7, 11) is 1.85. The standard InChI is InChI=1S/C14H23N3O/c1-5-17-13(8-12(15-17)11(2)3)14(6-7-14)9-16(4)10-18/h8,10-11H,5-7,9H2,1-4H3. The molecule has 0 saturated heterocycles. The van der Waals surface area contributed by atoms with Crippen molar-refractivity contribution in [3.05, 3.63) is 17.5 Å². The number of hydrogen-bond acceptors (Lipinski definition) is 2. The second-order valence-electron chi connectivity index (χ2n) is 5.73. The number of nitrogens with zero attached hydrogens (tertiary/aromatic N) is 3. The SMILES string of the molecule is CCn1nc(C(C)C)cc1C1(CN(C)C=O)CC1. The van der Waals surface area contributed by atoms with Gasteiger partial charge in [0, 0.05) is 31.2 Å². The topological polar surface area (TPSA) is 38.1 Å². The molecule has 18 heavy (non-hydrogen) atoms. The summed E-state index contributed by atoms with van der Waals surface area (Å²) in [5, 5.41) is 4.68. The van der Waals surface area contributed by atoms with Crippen molar-refractivity contribution in [3.8, 4) is 0 Å². The van der Waals surface area contributed by atoms with E-state index in [2.05, 4.69) is 36.6 Å². The number of aryl methyl sites for hydroxylation is 1. The average Bonchev–Trinajstić information content (AvgIpc) is 2.97. The zero-order valence-corrected chi connectivity index (χ0v) is 11.8. The van der Waals surface area contributed by atoms with Crippen molar-refractivity contribution in [1.82, 2.24) is 14.7 Å². The van der Waals surface area contributed by atoms with E-state index in [1.165, 1.54) is 5.69 Å². The zero-order valence-electron chi connectivity index (χ0n) is 11.8. The molecule has 0 spiro atoms. The molecule has 4 nitrogen and oxygen atoms in total. The van der Waals surface area contributed by atoms with Gasteiger partial charge in [-0.2, -0.15) is 5.10 Å². The van der Waals surface area contributed by atoms with Gasteiger partial charge in [-0.1, -0.05) is 13.8 Å². The fourth-order valence-corrected chi connectivity index (χ4v) is 2.55. The largest absolute Gasteiger partial charge is 0.347 e. The number of hydrogen-bond donors (Lipinski definition) is 0. The molecule has 0 radical (unpaired) electrons. The molecule has 0 atom stereocenters. The molecule has 0 unspecified atom stereocenters. The van der Waals surface area contributed by atoms with Crippen LogP contribution in [0.15, 0.2) is 6.07 Å². The van der Waals surface area contributed by atoms with E-state index in [1.54, 1.807) is 4.90 Å². The highest BCUT2D eigenvalue weighted by Crippen LogP contribution is 2.49. The second kappa shape index (κ2) is 4.75. The lowest BCUT2D eigenvalue weighted by Crippen LogP contribution is -2.29. The Balaban J connectivity index is 2.29. The molecule has 1 aliphatic carbocycles. The van der Waals surface area contributed by atoms with E-state index < -0.39 is 0 Å². The summed E-state index contributed by atoms with van der Waals surface area (Å²) < 4.78 is 2.11. The minimum Gasteiger partial charge on any atom is -0.347 e. The molecule has 0 bridgehead atoms. The van der Waals surface area contributed by atoms with Gasteiger partial charge in [0.05, 0.1) is 5.69 Å². The van der Waals surface area contributed by atoms with Crippen LogP contribution in [-0.2, 0) is 16.8 Å². The van der Waals surface area contributed by atoms with Crippen molar-refractivity contribution in [3.63, 3.8) is 0 Å². The van der Waals surface area contributed by atoms with Crippen LogP contribution in [0.2, 0.25) is 0 Å². The Morgan fingerprint density at radius 2 is 2.22 bits per heavy atom. The van der Waals surface area contributed by atoms with Gasteiger partial charge in [0.2, 0.25) is 6.41 Å². The third kappa shape index (κ3) is 2.28. The Labute approximate surface area is 109 Å². The summed E-state index contributed by atoms with van der Waals surface area (Å²) in [5.41, 5.74) is 2.63. The predicted molar refractivity (Wildman–Crippen MR) is 71.6 cm³/mol. The van der Waals surface area contributed by atoms with Gasteiger partial charge in [-0.25, -0.2) is 0 Å². The van der Waals surface area contributed by atoms with Crippen LogP contribution in [0.1, 0.15) is 50.9 Å². The van der Waals surface area contributed by atoms with E-state index >= 15 is 0 Å². The van der Waals surface area contributed by atoms with Crippen molar-refractivity contribution >= 4 is 6.41 Å². The first-order valence-electron chi connectivity index (χ1n) is 6.76. The second-order valence-corrected chi connectivity index (χ2v) is 5.73. The molecule has 0 N–H and O–H groups in total. The van der Waals surface area contributed by atoms with Crippen LogP contribution in [0.5, 0.6) is 0 Å². The molecule has 0 aromatic carbocycles. The van der Waals surface area contributed by atoms with Crippen LogP contribution >= 0.6 is 0 Å². The van der Waals surface area contributed by atoms with Gasteiger partial charge in [0.15, 0.2) is 0 Å². The van der Waals surface area contributed by atoms with E-state index in [9.17, 15) is 4.79 Å². The van der Waals surface area contributed by atoms with Gasteiger partial charge in [0.25, 0.3) is 0 Å². The maximum absolute atomic E-state index is 10.8. The summed E-state index contributed by atoms with van der Waals surface area (Å²) in [6.45, 7) is 8.17. The van der Waals surface area contributed by atoms with Crippen LogP contribution in [0.4, 0.5) is 0 Å². The molecule has 100 valence electrons. The Bertz CT molecular complexity index is 432. The van der Waals surface area contributed by atoms with Crippen LogP contribution in [0.25, 0.3) is 0 Å². The molecule has 1 fully saturated rings. The van der Waals surface area contributed by atoms with Gasteiger partial charge < -0.3 is 4.90 Å². The van der Waals surface area contributed by atoms with Gasteiger partial charge in [-0.05, 0) is 31.7 Å². The van der Waals surface area contributed by atoms with Gasteiger partial charge >= 0.3 is 0 Å². The van der Waals surface area contributed by atoms with Crippen molar-refractivity contribution < 1.29 is 4.79 Å². The number of amides is 1. The predicted octanol–water partition coefficient (Wildman–Crippen LogP) is 2.15. The Kier molecular flexibility index (Phi) is 3.46. The first-order chi connectivity index (χ1) is 8.52. The molecule has 1 aromatic rings. The third-order valence-corrected chi connectivity index (χ3v) is 3.82. The summed E-state index contributed by atoms with van der Waals surface area (Å²) >= 11 is 0. The molecule has 0 aliphatic heterocycles. The molecular formula is C14H23N3O. The fraction of sp³-hybridized carbons (Fsp3) is 0.714. The fourth-order valence-electron chi connectivity index (χ4n) is 2.55. The van der Waals surface area contributed by atoms with E-state index in [-0.39, 0.29) is 5.41 Å². The number of aromatic nitrogens is 2. The van der Waals surface area contributed by atoms with E-state index in [0.29, 0.717) is 5.92 Å². The molecule has 1 heterocycles. The van der Waals surface area contributed by atoms with Gasteiger partial charge in [-0.15, -0.1) is 0 Å². The van der Waals surface area contributed by atoms with Crippen molar-refractivity contribution in [2.75, 3.05) is 13.6 Å². The molecule has 2 rings (SSSR count). The monoisotopic (exact) mass is 249 g/mol. The van der Waals surface area contributed by atoms with Crippen molar-refractivity contribution in [1.29, 1.82) is 0 Å². The van der Waals surface area contributed by atoms with Gasteiger partial charge in [-0.3, -0.25) is 9.48 Å². The summed E-state index contributed by atoms with van der Waals surface area (Å²) in [4.78, 5) is 12.6.